The van der Waals surface area contributed by atoms with Gasteiger partial charge < -0.3 is 14.7 Å². The number of ether oxygens (including phenoxy) is 1. The second-order valence-corrected chi connectivity index (χ2v) is 8.42. The molecule has 1 N–H and O–H groups in total. The van der Waals surface area contributed by atoms with Gasteiger partial charge in [0.1, 0.15) is 5.75 Å². The van der Waals surface area contributed by atoms with Crippen molar-refractivity contribution in [3.05, 3.63) is 48.2 Å². The lowest BCUT2D eigenvalue weighted by molar-refractivity contribution is 0.222. The van der Waals surface area contributed by atoms with Crippen LogP contribution < -0.4 is 4.74 Å². The average Bonchev–Trinajstić information content (AvgIpc) is 3.02. The summed E-state index contributed by atoms with van der Waals surface area (Å²) in [6.07, 6.45) is 8.61. The molecule has 0 aliphatic rings. The van der Waals surface area contributed by atoms with Gasteiger partial charge in [0.05, 0.1) is 23.1 Å². The highest BCUT2D eigenvalue weighted by Gasteiger charge is 2.11. The van der Waals surface area contributed by atoms with Crippen molar-refractivity contribution in [2.45, 2.75) is 52.1 Å². The lowest BCUT2D eigenvalue weighted by atomic mass is 10.1. The van der Waals surface area contributed by atoms with E-state index in [9.17, 15) is 5.11 Å². The first-order valence-corrected chi connectivity index (χ1v) is 10.9. The zero-order chi connectivity index (χ0) is 20.4. The fourth-order valence-electron chi connectivity index (χ4n) is 3.19. The summed E-state index contributed by atoms with van der Waals surface area (Å²) in [7, 11) is 2.13. The molecule has 0 saturated carbocycles. The Morgan fingerprint density at radius 2 is 2.07 bits per heavy atom. The molecule has 5 heteroatoms. The van der Waals surface area contributed by atoms with Crippen molar-refractivity contribution >= 4 is 21.6 Å². The lowest BCUT2D eigenvalue weighted by Crippen LogP contribution is -2.19. The molecule has 0 spiro atoms. The zero-order valence-electron chi connectivity index (χ0n) is 17.5. The molecule has 1 heterocycles. The van der Waals surface area contributed by atoms with Crippen molar-refractivity contribution in [1.82, 2.24) is 9.27 Å². The topological polar surface area (TPSA) is 45.6 Å². The number of unbranched alkanes of at least 4 members (excludes halogenated alkanes) is 3. The number of aliphatic hydroxyl groups is 1. The van der Waals surface area contributed by atoms with Crippen LogP contribution in [0.15, 0.2) is 42.5 Å². The lowest BCUT2D eigenvalue weighted by Gasteiger charge is -2.13. The van der Waals surface area contributed by atoms with Gasteiger partial charge in [-0.1, -0.05) is 30.6 Å². The molecule has 1 aromatic carbocycles. The first-order chi connectivity index (χ1) is 13.5. The third-order valence-corrected chi connectivity index (χ3v) is 5.44. The minimum atomic E-state index is -0.484. The molecule has 4 nitrogen and oxygen atoms in total. The average molecular weight is 403 g/mol. The molecule has 28 heavy (non-hydrogen) atoms. The van der Waals surface area contributed by atoms with Gasteiger partial charge in [-0.3, -0.25) is 0 Å². The second kappa shape index (κ2) is 12.0. The Kier molecular flexibility index (Phi) is 9.68. The molecule has 2 rings (SSSR count). The molecule has 0 fully saturated rings. The van der Waals surface area contributed by atoms with Gasteiger partial charge in [-0.2, -0.15) is 4.37 Å². The summed E-state index contributed by atoms with van der Waals surface area (Å²) < 4.78 is 11.6. The van der Waals surface area contributed by atoms with Gasteiger partial charge in [0.2, 0.25) is 0 Å². The smallest absolute Gasteiger partial charge is 0.120 e. The minimum Gasteiger partial charge on any atom is -0.494 e. The number of aliphatic hydroxyl groups excluding tert-OH is 1. The fraction of sp³-hybridized carbons (Fsp3) is 0.522. The largest absolute Gasteiger partial charge is 0.494 e. The summed E-state index contributed by atoms with van der Waals surface area (Å²) >= 11 is 1.47. The van der Waals surface area contributed by atoms with Crippen molar-refractivity contribution < 1.29 is 9.84 Å². The molecule has 2 aromatic rings. The molecular formula is C23H34N2O2S. The van der Waals surface area contributed by atoms with E-state index >= 15 is 0 Å². The van der Waals surface area contributed by atoms with E-state index in [0.717, 1.165) is 53.2 Å². The normalized spacial score (nSPS) is 12.3. The van der Waals surface area contributed by atoms with Crippen LogP contribution in [-0.2, 0) is 6.42 Å². The van der Waals surface area contributed by atoms with Crippen LogP contribution >= 0.6 is 11.5 Å². The maximum absolute atomic E-state index is 10.1. The van der Waals surface area contributed by atoms with Crippen LogP contribution in [0.2, 0.25) is 0 Å². The summed E-state index contributed by atoms with van der Waals surface area (Å²) in [4.78, 5) is 2.29. The number of hydrogen-bond acceptors (Lipinski definition) is 5. The number of nitrogens with zero attached hydrogens (tertiary/aromatic N) is 2. The Balaban J connectivity index is 1.74. The van der Waals surface area contributed by atoms with Gasteiger partial charge in [-0.15, -0.1) is 6.58 Å². The van der Waals surface area contributed by atoms with Crippen LogP contribution in [0.3, 0.4) is 0 Å². The van der Waals surface area contributed by atoms with Crippen LogP contribution in [0, 0.1) is 0 Å². The highest BCUT2D eigenvalue weighted by atomic mass is 32.1. The van der Waals surface area contributed by atoms with Crippen molar-refractivity contribution in [3.8, 4) is 5.75 Å². The Morgan fingerprint density at radius 1 is 1.29 bits per heavy atom. The summed E-state index contributed by atoms with van der Waals surface area (Å²) in [5.74, 6) is 0.901. The van der Waals surface area contributed by atoms with Crippen LogP contribution in [0.4, 0.5) is 0 Å². The molecule has 1 atom stereocenters. The number of likely N-dealkylation sites (N-methyl/N-ethyl adjacent to an activating group) is 1. The van der Waals surface area contributed by atoms with E-state index in [1.165, 1.54) is 30.8 Å². The van der Waals surface area contributed by atoms with Crippen LogP contribution in [0.25, 0.3) is 10.1 Å². The summed E-state index contributed by atoms with van der Waals surface area (Å²) in [5.41, 5.74) is 2.07. The SMILES string of the molecule is C=CCN(C)CCCCCCOc1ccc2c(CC(O)C=C(C)C)nsc2c1. The maximum atomic E-state index is 10.1. The van der Waals surface area contributed by atoms with E-state index in [1.54, 1.807) is 0 Å². The molecule has 0 aliphatic carbocycles. The Bertz CT molecular complexity index is 765. The monoisotopic (exact) mass is 402 g/mol. The number of fused-ring (bicyclic) bond motifs is 1. The molecule has 154 valence electrons. The van der Waals surface area contributed by atoms with Crippen LogP contribution in [0.5, 0.6) is 5.75 Å². The van der Waals surface area contributed by atoms with E-state index in [-0.39, 0.29) is 0 Å². The Labute approximate surface area is 173 Å². The first-order valence-electron chi connectivity index (χ1n) is 10.1. The number of allylic oxidation sites excluding steroid dienone is 1. The van der Waals surface area contributed by atoms with Crippen LogP contribution in [0.1, 0.15) is 45.2 Å². The maximum Gasteiger partial charge on any atom is 0.120 e. The quantitative estimate of drug-likeness (QED) is 0.368. The highest BCUT2D eigenvalue weighted by Crippen LogP contribution is 2.28. The van der Waals surface area contributed by atoms with E-state index in [2.05, 4.69) is 35.0 Å². The number of hydrogen-bond donors (Lipinski definition) is 1. The minimum absolute atomic E-state index is 0.484. The summed E-state index contributed by atoms with van der Waals surface area (Å²) in [6.45, 7) is 10.6. The molecule has 0 aliphatic heterocycles. The number of benzene rings is 1. The van der Waals surface area contributed by atoms with Gasteiger partial charge in [-0.25, -0.2) is 0 Å². The molecule has 0 saturated heterocycles. The number of rotatable bonds is 13. The van der Waals surface area contributed by atoms with Crippen molar-refractivity contribution in [3.63, 3.8) is 0 Å². The third-order valence-electron chi connectivity index (χ3n) is 4.59. The molecule has 0 amide bonds. The molecular weight excluding hydrogens is 368 g/mol. The van der Waals surface area contributed by atoms with Crippen molar-refractivity contribution in [1.29, 1.82) is 0 Å². The van der Waals surface area contributed by atoms with Gasteiger partial charge in [-0.05, 0) is 70.0 Å². The fourth-order valence-corrected chi connectivity index (χ4v) is 4.02. The van der Waals surface area contributed by atoms with Crippen molar-refractivity contribution in [2.75, 3.05) is 26.7 Å². The van der Waals surface area contributed by atoms with E-state index in [0.29, 0.717) is 6.42 Å². The van der Waals surface area contributed by atoms with Crippen LogP contribution in [-0.4, -0.2) is 47.2 Å². The van der Waals surface area contributed by atoms with E-state index in [1.807, 2.05) is 32.1 Å². The molecule has 1 unspecified atom stereocenters. The standard InChI is InChI=1S/C23H34N2O2S/c1-5-12-25(4)13-8-6-7-9-14-27-20-10-11-21-22(24-28-23(21)17-20)16-19(26)15-18(2)3/h5,10-11,15,17,19,26H,1,6-9,12-14,16H2,2-4H3. The summed E-state index contributed by atoms with van der Waals surface area (Å²) in [5, 5.41) is 11.2. The first kappa shape index (κ1) is 22.6. The predicted octanol–water partition coefficient (Wildman–Crippen LogP) is 5.22. The zero-order valence-corrected chi connectivity index (χ0v) is 18.3. The van der Waals surface area contributed by atoms with E-state index < -0.39 is 6.10 Å². The third kappa shape index (κ3) is 7.74. The number of aromatic nitrogens is 1. The van der Waals surface area contributed by atoms with Gasteiger partial charge in [0.15, 0.2) is 0 Å². The Morgan fingerprint density at radius 3 is 2.82 bits per heavy atom. The van der Waals surface area contributed by atoms with Gasteiger partial charge in [0, 0.05) is 18.4 Å². The summed E-state index contributed by atoms with van der Waals surface area (Å²) in [6, 6.07) is 6.14. The highest BCUT2D eigenvalue weighted by molar-refractivity contribution is 7.13. The second-order valence-electron chi connectivity index (χ2n) is 7.62. The predicted molar refractivity (Wildman–Crippen MR) is 120 cm³/mol. The Hall–Kier alpha value is -1.69. The van der Waals surface area contributed by atoms with Gasteiger partial charge in [0.25, 0.3) is 0 Å². The molecule has 0 radical (unpaired) electrons. The molecule has 0 bridgehead atoms. The van der Waals surface area contributed by atoms with Gasteiger partial charge >= 0.3 is 0 Å². The van der Waals surface area contributed by atoms with E-state index in [4.69, 9.17) is 4.74 Å². The molecule has 1 aromatic heterocycles. The van der Waals surface area contributed by atoms with Crippen molar-refractivity contribution in [2.24, 2.45) is 0 Å².